The van der Waals surface area contributed by atoms with Crippen molar-refractivity contribution in [3.8, 4) is 0 Å². The maximum absolute atomic E-state index is 13.4. The Bertz CT molecular complexity index is 1350. The van der Waals surface area contributed by atoms with E-state index in [0.29, 0.717) is 17.5 Å². The van der Waals surface area contributed by atoms with Crippen LogP contribution >= 0.6 is 22.7 Å². The molecule has 11 heteroatoms. The second-order valence-electron chi connectivity index (χ2n) is 9.61. The molecule has 0 unspecified atom stereocenters. The molecular formula is C25H30N4O4S3. The molecule has 2 aliphatic rings. The fourth-order valence-electron chi connectivity index (χ4n) is 5.18. The molecule has 5 rings (SSSR count). The zero-order chi connectivity index (χ0) is 25.3. The van der Waals surface area contributed by atoms with Gasteiger partial charge in [0, 0.05) is 29.4 Å². The molecule has 3 aromatic rings. The molecule has 1 saturated heterocycles. The maximum Gasteiger partial charge on any atom is 0.253 e. The highest BCUT2D eigenvalue weighted by Crippen LogP contribution is 2.33. The number of piperazine rings is 1. The van der Waals surface area contributed by atoms with Crippen LogP contribution in [0.1, 0.15) is 44.1 Å². The summed E-state index contributed by atoms with van der Waals surface area (Å²) < 4.78 is 29.2. The summed E-state index contributed by atoms with van der Waals surface area (Å²) in [5, 5.41) is 6.03. The van der Waals surface area contributed by atoms with Crippen molar-refractivity contribution in [2.45, 2.75) is 55.7 Å². The lowest BCUT2D eigenvalue weighted by molar-refractivity contribution is -0.142. The third kappa shape index (κ3) is 5.34. The first kappa shape index (κ1) is 25.3. The zero-order valence-corrected chi connectivity index (χ0v) is 22.6. The quantitative estimate of drug-likeness (QED) is 0.471. The van der Waals surface area contributed by atoms with E-state index in [1.165, 1.54) is 33.4 Å². The molecule has 1 N–H and O–H groups in total. The molecule has 1 aromatic carbocycles. The Morgan fingerprint density at radius 3 is 2.72 bits per heavy atom. The van der Waals surface area contributed by atoms with Gasteiger partial charge in [-0.3, -0.25) is 9.59 Å². The Balaban J connectivity index is 1.33. The molecule has 2 amide bonds. The Kier molecular flexibility index (Phi) is 7.43. The molecule has 0 radical (unpaired) electrons. The first-order chi connectivity index (χ1) is 17.3. The van der Waals surface area contributed by atoms with Gasteiger partial charge in [-0.15, -0.1) is 22.7 Å². The van der Waals surface area contributed by atoms with Gasteiger partial charge < -0.3 is 10.2 Å². The molecule has 1 atom stereocenters. The Hall–Kier alpha value is -2.34. The predicted octanol–water partition coefficient (Wildman–Crippen LogP) is 4.48. The van der Waals surface area contributed by atoms with Crippen LogP contribution in [-0.4, -0.2) is 60.1 Å². The number of benzene rings is 1. The molecule has 2 fully saturated rings. The van der Waals surface area contributed by atoms with E-state index >= 15 is 0 Å². The minimum Gasteiger partial charge on any atom is -0.328 e. The van der Waals surface area contributed by atoms with E-state index in [2.05, 4.69) is 10.3 Å². The largest absolute Gasteiger partial charge is 0.328 e. The van der Waals surface area contributed by atoms with Gasteiger partial charge in [0.15, 0.2) is 5.13 Å². The van der Waals surface area contributed by atoms with Crippen LogP contribution in [0.2, 0.25) is 0 Å². The summed E-state index contributed by atoms with van der Waals surface area (Å²) in [5.74, 6) is -0.209. The van der Waals surface area contributed by atoms with Crippen molar-refractivity contribution in [1.29, 1.82) is 0 Å². The zero-order valence-electron chi connectivity index (χ0n) is 20.2. The average Bonchev–Trinajstić information content (AvgIpc) is 3.53. The fourth-order valence-corrected chi connectivity index (χ4v) is 8.63. The van der Waals surface area contributed by atoms with Crippen LogP contribution in [0.15, 0.2) is 40.1 Å². The molecule has 1 saturated carbocycles. The van der Waals surface area contributed by atoms with Gasteiger partial charge in [0.1, 0.15) is 10.3 Å². The summed E-state index contributed by atoms with van der Waals surface area (Å²) in [6.07, 6.45) is 7.80. The number of thiazole rings is 1. The number of hydrogen-bond acceptors (Lipinski definition) is 7. The Morgan fingerprint density at radius 1 is 1.19 bits per heavy atom. The second-order valence-corrected chi connectivity index (χ2v) is 13.8. The van der Waals surface area contributed by atoms with Gasteiger partial charge in [-0.05, 0) is 36.8 Å². The number of amides is 2. The third-order valence-electron chi connectivity index (χ3n) is 7.09. The number of carbonyl (C=O) groups is 2. The van der Waals surface area contributed by atoms with Crippen LogP contribution < -0.4 is 5.32 Å². The van der Waals surface area contributed by atoms with Crippen molar-refractivity contribution in [1.82, 2.24) is 14.2 Å². The summed E-state index contributed by atoms with van der Waals surface area (Å²) in [7, 11) is -3.81. The smallest absolute Gasteiger partial charge is 0.253 e. The summed E-state index contributed by atoms with van der Waals surface area (Å²) in [6, 6.07) is 6.90. The lowest BCUT2D eigenvalue weighted by Crippen LogP contribution is -2.58. The van der Waals surface area contributed by atoms with Crippen molar-refractivity contribution < 1.29 is 18.0 Å². The number of anilines is 1. The number of sulfonamides is 1. The van der Waals surface area contributed by atoms with E-state index in [1.807, 2.05) is 25.1 Å². The van der Waals surface area contributed by atoms with Gasteiger partial charge in [0.05, 0.1) is 6.54 Å². The summed E-state index contributed by atoms with van der Waals surface area (Å²) in [5.41, 5.74) is 1.06. The van der Waals surface area contributed by atoms with E-state index in [-0.39, 0.29) is 35.7 Å². The number of aryl methyl sites for hydroxylation is 1. The lowest BCUT2D eigenvalue weighted by Gasteiger charge is -2.39. The topological polar surface area (TPSA) is 99.7 Å². The molecule has 8 nitrogen and oxygen atoms in total. The van der Waals surface area contributed by atoms with Crippen molar-refractivity contribution in [2.75, 3.05) is 25.0 Å². The van der Waals surface area contributed by atoms with Crippen LogP contribution in [0, 0.1) is 12.8 Å². The van der Waals surface area contributed by atoms with E-state index in [0.717, 1.165) is 41.3 Å². The lowest BCUT2D eigenvalue weighted by atomic mass is 9.84. The molecule has 2 aromatic heterocycles. The average molecular weight is 547 g/mol. The SMILES string of the molecule is Cc1ccc2sc(S(=O)(=O)N3CCN([C@@H](CC4CCCCC4)C(=O)Nc4nccs4)C(=O)C3)cc2c1. The van der Waals surface area contributed by atoms with Crippen LogP contribution in [0.25, 0.3) is 10.1 Å². The number of aromatic nitrogens is 1. The Morgan fingerprint density at radius 2 is 2.00 bits per heavy atom. The van der Waals surface area contributed by atoms with Gasteiger partial charge in [0.25, 0.3) is 10.0 Å². The predicted molar refractivity (Wildman–Crippen MR) is 143 cm³/mol. The van der Waals surface area contributed by atoms with E-state index in [4.69, 9.17) is 0 Å². The van der Waals surface area contributed by atoms with Crippen molar-refractivity contribution in [3.05, 3.63) is 41.4 Å². The number of fused-ring (bicyclic) bond motifs is 1. The minimum atomic E-state index is -3.81. The van der Waals surface area contributed by atoms with Crippen molar-refractivity contribution in [2.24, 2.45) is 5.92 Å². The number of rotatable bonds is 7. The molecule has 0 bridgehead atoms. The fraction of sp³-hybridized carbons (Fsp3) is 0.480. The minimum absolute atomic E-state index is 0.160. The molecule has 1 aliphatic carbocycles. The number of nitrogens with zero attached hydrogens (tertiary/aromatic N) is 3. The molecule has 36 heavy (non-hydrogen) atoms. The van der Waals surface area contributed by atoms with E-state index in [9.17, 15) is 18.0 Å². The maximum atomic E-state index is 13.4. The van der Waals surface area contributed by atoms with Crippen LogP contribution in [-0.2, 0) is 19.6 Å². The third-order valence-corrected chi connectivity index (χ3v) is 11.2. The van der Waals surface area contributed by atoms with Gasteiger partial charge in [0.2, 0.25) is 11.8 Å². The van der Waals surface area contributed by atoms with E-state index < -0.39 is 16.1 Å². The summed E-state index contributed by atoms with van der Waals surface area (Å²) >= 11 is 2.55. The highest BCUT2D eigenvalue weighted by molar-refractivity contribution is 7.91. The van der Waals surface area contributed by atoms with Gasteiger partial charge in [-0.2, -0.15) is 4.31 Å². The molecular weight excluding hydrogens is 517 g/mol. The highest BCUT2D eigenvalue weighted by Gasteiger charge is 2.39. The van der Waals surface area contributed by atoms with Crippen molar-refractivity contribution >= 4 is 59.7 Å². The van der Waals surface area contributed by atoms with Crippen molar-refractivity contribution in [3.63, 3.8) is 0 Å². The summed E-state index contributed by atoms with van der Waals surface area (Å²) in [4.78, 5) is 32.3. The van der Waals surface area contributed by atoms with Gasteiger partial charge >= 0.3 is 0 Å². The van der Waals surface area contributed by atoms with Gasteiger partial charge in [-0.25, -0.2) is 13.4 Å². The normalized spacial score (nSPS) is 19.0. The highest BCUT2D eigenvalue weighted by atomic mass is 32.2. The summed E-state index contributed by atoms with van der Waals surface area (Å²) in [6.45, 7) is 2.05. The van der Waals surface area contributed by atoms with Crippen LogP contribution in [0.3, 0.4) is 0 Å². The standard InChI is InChI=1S/C25H30N4O4S3/c1-17-7-8-21-19(13-17)15-23(35-21)36(32,33)28-10-11-29(22(30)16-28)20(14-18-5-3-2-4-6-18)24(31)27-25-26-9-12-34-25/h7-9,12-13,15,18,20H,2-6,10-11,14,16H2,1H3,(H,26,27,31)/t20-/m0/s1. The number of nitrogens with one attached hydrogen (secondary N) is 1. The number of hydrogen-bond donors (Lipinski definition) is 1. The van der Waals surface area contributed by atoms with Crippen LogP contribution in [0.5, 0.6) is 0 Å². The first-order valence-electron chi connectivity index (χ1n) is 12.3. The molecule has 1 aliphatic heterocycles. The molecule has 3 heterocycles. The first-order valence-corrected chi connectivity index (χ1v) is 15.4. The number of thiophene rings is 1. The van der Waals surface area contributed by atoms with Crippen LogP contribution in [0.4, 0.5) is 5.13 Å². The number of carbonyl (C=O) groups excluding carboxylic acids is 2. The second kappa shape index (κ2) is 10.6. The molecule has 192 valence electrons. The molecule has 0 spiro atoms. The van der Waals surface area contributed by atoms with E-state index in [1.54, 1.807) is 22.5 Å². The Labute approximate surface area is 219 Å². The van der Waals surface area contributed by atoms with Gasteiger partial charge in [-0.1, -0.05) is 49.8 Å². The monoisotopic (exact) mass is 546 g/mol.